The van der Waals surface area contributed by atoms with Gasteiger partial charge in [-0.3, -0.25) is 24.0 Å². The summed E-state index contributed by atoms with van der Waals surface area (Å²) in [6.45, 7) is 4.04. The normalized spacial score (nSPS) is 21.8. The monoisotopic (exact) mass is 581 g/mol. The number of aliphatic imine (C=N–C) groups is 1. The summed E-state index contributed by atoms with van der Waals surface area (Å²) in [5, 5.41) is 5.00. The highest BCUT2D eigenvalue weighted by Gasteiger charge is 2.45. The molecule has 1 N–H and O–H groups in total. The molecular formula is C33H35N5O3S. The van der Waals surface area contributed by atoms with Gasteiger partial charge in [-0.25, -0.2) is 9.67 Å². The molecule has 216 valence electrons. The Balaban J connectivity index is 1.30. The van der Waals surface area contributed by atoms with Crippen LogP contribution in [0.15, 0.2) is 82.6 Å². The number of carbonyl (C=O) groups is 2. The lowest BCUT2D eigenvalue weighted by Crippen LogP contribution is -2.46. The number of thioether (sulfide) groups is 1. The van der Waals surface area contributed by atoms with Gasteiger partial charge in [-0.05, 0) is 60.7 Å². The zero-order valence-corrected chi connectivity index (χ0v) is 24.9. The Bertz CT molecular complexity index is 1740. The smallest absolute Gasteiger partial charge is 0.297 e. The van der Waals surface area contributed by atoms with Gasteiger partial charge in [0.05, 0.1) is 11.4 Å². The highest BCUT2D eigenvalue weighted by Crippen LogP contribution is 2.39. The maximum atomic E-state index is 13.9. The van der Waals surface area contributed by atoms with Gasteiger partial charge in [0, 0.05) is 25.2 Å². The van der Waals surface area contributed by atoms with Gasteiger partial charge in [-0.2, -0.15) is 0 Å². The van der Waals surface area contributed by atoms with E-state index in [-0.39, 0.29) is 29.8 Å². The highest BCUT2D eigenvalue weighted by atomic mass is 32.2. The minimum absolute atomic E-state index is 0.00795. The average molecular weight is 582 g/mol. The second kappa shape index (κ2) is 11.6. The predicted molar refractivity (Wildman–Crippen MR) is 170 cm³/mol. The molecular weight excluding hydrogens is 546 g/mol. The molecule has 42 heavy (non-hydrogen) atoms. The van der Waals surface area contributed by atoms with Gasteiger partial charge in [0.15, 0.2) is 10.9 Å². The first-order valence-corrected chi connectivity index (χ1v) is 15.4. The summed E-state index contributed by atoms with van der Waals surface area (Å²) in [5.41, 5.74) is 2.22. The molecule has 6 rings (SSSR count). The number of anilines is 1. The number of aromatic nitrogens is 2. The van der Waals surface area contributed by atoms with Gasteiger partial charge in [0.2, 0.25) is 11.8 Å². The molecule has 9 heteroatoms. The van der Waals surface area contributed by atoms with E-state index in [9.17, 15) is 14.4 Å². The van der Waals surface area contributed by atoms with Crippen molar-refractivity contribution < 1.29 is 9.59 Å². The van der Waals surface area contributed by atoms with Crippen LogP contribution < -0.4 is 10.9 Å². The molecule has 1 aliphatic heterocycles. The van der Waals surface area contributed by atoms with E-state index < -0.39 is 5.25 Å². The number of nitrogens with one attached hydrogen (secondary N) is 1. The zero-order chi connectivity index (χ0) is 29.4. The van der Waals surface area contributed by atoms with Gasteiger partial charge in [-0.1, -0.05) is 80.1 Å². The van der Waals surface area contributed by atoms with Crippen LogP contribution in [0.5, 0.6) is 0 Å². The Morgan fingerprint density at radius 2 is 1.69 bits per heavy atom. The number of carbonyl (C=O) groups excluding carboxylic acids is 2. The number of benzene rings is 3. The summed E-state index contributed by atoms with van der Waals surface area (Å²) in [6.07, 6.45) is 4.11. The molecule has 0 spiro atoms. The Labute approximate surface area is 249 Å². The minimum Gasteiger partial charge on any atom is -0.326 e. The topological polar surface area (TPSA) is 88.7 Å². The van der Waals surface area contributed by atoms with Crippen molar-refractivity contribution >= 4 is 50.9 Å². The van der Waals surface area contributed by atoms with E-state index in [0.717, 1.165) is 42.1 Å². The molecule has 8 nitrogen and oxygen atoms in total. The van der Waals surface area contributed by atoms with Crippen molar-refractivity contribution in [3.05, 3.63) is 88.8 Å². The quantitative estimate of drug-likeness (QED) is 0.295. The van der Waals surface area contributed by atoms with Gasteiger partial charge in [-0.15, -0.1) is 0 Å². The maximum absolute atomic E-state index is 13.9. The van der Waals surface area contributed by atoms with Crippen molar-refractivity contribution in [2.75, 3.05) is 5.32 Å². The van der Waals surface area contributed by atoms with Crippen LogP contribution in [0.3, 0.4) is 0 Å². The Hall–Kier alpha value is -4.11. The average Bonchev–Trinajstić information content (AvgIpc) is 3.40. The lowest BCUT2D eigenvalue weighted by molar-refractivity contribution is -0.130. The van der Waals surface area contributed by atoms with E-state index >= 15 is 0 Å². The molecule has 3 aromatic carbocycles. The Kier molecular flexibility index (Phi) is 7.77. The van der Waals surface area contributed by atoms with Crippen LogP contribution in [-0.2, 0) is 16.6 Å². The van der Waals surface area contributed by atoms with Crippen LogP contribution >= 0.6 is 11.8 Å². The number of fused-ring (bicyclic) bond motifs is 1. The van der Waals surface area contributed by atoms with E-state index in [1.54, 1.807) is 14.3 Å². The fourth-order valence-electron chi connectivity index (χ4n) is 6.10. The SMILES string of the molecule is Cc1c(N=C2S[C@H](CC(=O)Nc3ccc4ccccc4c3)C(=O)N2[C@H]2CCCC[C@H]2C)c(=O)n(-c2ccccc2)n1C. The molecule has 1 aromatic heterocycles. The number of hydrogen-bond donors (Lipinski definition) is 1. The standard InChI is InChI=1S/C33H35N5O3S/c1-21-11-7-10-16-27(21)37-31(40)28(20-29(39)34-25-18-17-23-12-8-9-13-24(23)19-25)42-33(37)35-30-22(2)36(3)38(32(30)41)26-14-5-4-6-15-26/h4-6,8-9,12-15,17-19,21,27-28H,7,10-11,16,20H2,1-3H3,(H,34,39)/t21-,27+,28-/m1/s1. The predicted octanol–water partition coefficient (Wildman–Crippen LogP) is 6.18. The van der Waals surface area contributed by atoms with Crippen LogP contribution in [0, 0.1) is 12.8 Å². The van der Waals surface area contributed by atoms with Crippen molar-refractivity contribution in [3.63, 3.8) is 0 Å². The van der Waals surface area contributed by atoms with Gasteiger partial charge in [0.1, 0.15) is 5.25 Å². The molecule has 0 bridgehead atoms. The molecule has 2 heterocycles. The first-order valence-electron chi connectivity index (χ1n) is 14.5. The number of rotatable bonds is 6. The molecule has 2 aliphatic rings. The largest absolute Gasteiger partial charge is 0.326 e. The lowest BCUT2D eigenvalue weighted by Gasteiger charge is -2.35. The summed E-state index contributed by atoms with van der Waals surface area (Å²) in [4.78, 5) is 47.4. The van der Waals surface area contributed by atoms with Crippen molar-refractivity contribution in [1.82, 2.24) is 14.3 Å². The van der Waals surface area contributed by atoms with E-state index in [2.05, 4.69) is 12.2 Å². The zero-order valence-electron chi connectivity index (χ0n) is 24.1. The maximum Gasteiger partial charge on any atom is 0.297 e. The van der Waals surface area contributed by atoms with Crippen LogP contribution in [-0.4, -0.2) is 42.5 Å². The van der Waals surface area contributed by atoms with Crippen LogP contribution in [0.2, 0.25) is 0 Å². The number of amidine groups is 1. The Morgan fingerprint density at radius 3 is 2.45 bits per heavy atom. The third kappa shape index (κ3) is 5.29. The Morgan fingerprint density at radius 1 is 0.976 bits per heavy atom. The van der Waals surface area contributed by atoms with Crippen molar-refractivity contribution in [2.45, 2.75) is 57.2 Å². The number of hydrogen-bond acceptors (Lipinski definition) is 5. The summed E-state index contributed by atoms with van der Waals surface area (Å²) >= 11 is 1.30. The number of amides is 2. The van der Waals surface area contributed by atoms with Crippen molar-refractivity contribution in [2.24, 2.45) is 18.0 Å². The van der Waals surface area contributed by atoms with Crippen molar-refractivity contribution in [3.8, 4) is 5.69 Å². The first kappa shape index (κ1) is 28.0. The molecule has 2 fully saturated rings. The summed E-state index contributed by atoms with van der Waals surface area (Å²) < 4.78 is 3.39. The molecule has 4 aromatic rings. The molecule has 1 saturated heterocycles. The second-order valence-corrected chi connectivity index (χ2v) is 12.4. The second-order valence-electron chi connectivity index (χ2n) is 11.3. The molecule has 0 radical (unpaired) electrons. The first-order chi connectivity index (χ1) is 20.3. The number of nitrogens with zero attached hydrogens (tertiary/aromatic N) is 4. The highest BCUT2D eigenvalue weighted by molar-refractivity contribution is 8.15. The van der Waals surface area contributed by atoms with Crippen LogP contribution in [0.25, 0.3) is 16.5 Å². The van der Waals surface area contributed by atoms with E-state index in [1.807, 2.05) is 86.8 Å². The molecule has 3 atom stereocenters. The van der Waals surface area contributed by atoms with Gasteiger partial charge < -0.3 is 5.32 Å². The van der Waals surface area contributed by atoms with Crippen molar-refractivity contribution in [1.29, 1.82) is 0 Å². The van der Waals surface area contributed by atoms with E-state index in [1.165, 1.54) is 11.8 Å². The number of para-hydroxylation sites is 1. The van der Waals surface area contributed by atoms with Gasteiger partial charge >= 0.3 is 0 Å². The van der Waals surface area contributed by atoms with E-state index in [4.69, 9.17) is 4.99 Å². The summed E-state index contributed by atoms with van der Waals surface area (Å²) in [7, 11) is 1.83. The molecule has 0 unspecified atom stereocenters. The summed E-state index contributed by atoms with van der Waals surface area (Å²) in [6, 6.07) is 23.2. The van der Waals surface area contributed by atoms with Gasteiger partial charge in [0.25, 0.3) is 5.56 Å². The third-order valence-corrected chi connectivity index (χ3v) is 9.65. The fraction of sp³-hybridized carbons (Fsp3) is 0.333. The molecule has 1 saturated carbocycles. The van der Waals surface area contributed by atoms with Crippen LogP contribution in [0.1, 0.15) is 44.7 Å². The molecule has 2 amide bonds. The van der Waals surface area contributed by atoms with Crippen LogP contribution in [0.4, 0.5) is 11.4 Å². The lowest BCUT2D eigenvalue weighted by atomic mass is 9.85. The summed E-state index contributed by atoms with van der Waals surface area (Å²) in [5.74, 6) is -0.0315. The molecule has 1 aliphatic carbocycles. The minimum atomic E-state index is -0.612. The van der Waals surface area contributed by atoms with E-state index in [0.29, 0.717) is 28.2 Å². The third-order valence-electron chi connectivity index (χ3n) is 8.50. The fourth-order valence-corrected chi connectivity index (χ4v) is 7.29.